The van der Waals surface area contributed by atoms with Gasteiger partial charge in [-0.1, -0.05) is 12.1 Å². The molecule has 16 heteroatoms. The van der Waals surface area contributed by atoms with Crippen LogP contribution in [0.25, 0.3) is 0 Å². The Morgan fingerprint density at radius 1 is 0.695 bits per heavy atom. The molecule has 4 saturated heterocycles. The van der Waals surface area contributed by atoms with E-state index in [4.69, 9.17) is 33.2 Å². The van der Waals surface area contributed by atoms with Crippen LogP contribution in [0.3, 0.4) is 0 Å². The van der Waals surface area contributed by atoms with Crippen LogP contribution in [0.4, 0.5) is 0 Å². The molecule has 0 bridgehead atoms. The molecule has 2 aromatic carbocycles. The lowest BCUT2D eigenvalue weighted by molar-refractivity contribution is -0.295. The summed E-state index contributed by atoms with van der Waals surface area (Å²) in [6, 6.07) is 5.64. The van der Waals surface area contributed by atoms with E-state index in [0.29, 0.717) is 38.5 Å². The van der Waals surface area contributed by atoms with Crippen LogP contribution in [0, 0.1) is 0 Å². The number of hydrogen-bond acceptors (Lipinski definition) is 15. The third-order valence-electron chi connectivity index (χ3n) is 12.4. The topological polar surface area (TPSA) is 237 Å². The van der Waals surface area contributed by atoms with Crippen molar-refractivity contribution >= 4 is 17.5 Å². The number of ketones is 2. The van der Waals surface area contributed by atoms with Gasteiger partial charge in [0.2, 0.25) is 0 Å². The molecule has 14 atom stereocenters. The highest BCUT2D eigenvalue weighted by atomic mass is 16.7. The fourth-order valence-corrected chi connectivity index (χ4v) is 9.04. The largest absolute Gasteiger partial charge is 0.507 e. The van der Waals surface area contributed by atoms with Gasteiger partial charge >= 0.3 is 5.97 Å². The zero-order valence-electron chi connectivity index (χ0n) is 33.9. The number of phenolic OH excluding ortho intramolecular Hbond substituents is 2. The average Bonchev–Trinajstić information content (AvgIpc) is 3.16. The molecule has 5 aliphatic rings. The Kier molecular flexibility index (Phi) is 12.9. The van der Waals surface area contributed by atoms with E-state index in [2.05, 4.69) is 0 Å². The summed E-state index contributed by atoms with van der Waals surface area (Å²) in [5.41, 5.74) is -1.86. The van der Waals surface area contributed by atoms with Crippen LogP contribution in [0.5, 0.6) is 11.5 Å². The highest BCUT2D eigenvalue weighted by Crippen LogP contribution is 2.45. The van der Waals surface area contributed by atoms with Crippen molar-refractivity contribution in [3.8, 4) is 11.5 Å². The van der Waals surface area contributed by atoms with Gasteiger partial charge in [0, 0.05) is 48.8 Å². The van der Waals surface area contributed by atoms with Crippen LogP contribution in [0.15, 0.2) is 24.3 Å². The molecule has 7 rings (SSSR count). The van der Waals surface area contributed by atoms with Gasteiger partial charge in [0.05, 0.1) is 78.1 Å². The number of ether oxygens (including phenoxy) is 7. The van der Waals surface area contributed by atoms with Gasteiger partial charge in [-0.3, -0.25) is 14.4 Å². The minimum absolute atomic E-state index is 0.00596. The molecule has 14 unspecified atom stereocenters. The van der Waals surface area contributed by atoms with Gasteiger partial charge in [-0.05, 0) is 71.6 Å². The smallest absolute Gasteiger partial charge is 0.306 e. The fraction of sp³-hybridized carbons (Fsp3) is 0.651. The maximum absolute atomic E-state index is 14.0. The molecular weight excluding hydrogens is 772 g/mol. The normalized spacial score (nSPS) is 36.0. The molecule has 0 radical (unpaired) electrons. The van der Waals surface area contributed by atoms with Crippen LogP contribution in [-0.4, -0.2) is 128 Å². The van der Waals surface area contributed by atoms with E-state index in [1.165, 1.54) is 24.3 Å². The van der Waals surface area contributed by atoms with Gasteiger partial charge < -0.3 is 63.8 Å². The number of aliphatic hydroxyl groups is 3. The van der Waals surface area contributed by atoms with Gasteiger partial charge in [0.1, 0.15) is 17.6 Å². The molecule has 0 aromatic heterocycles. The molecular formula is C43H56O16. The quantitative estimate of drug-likeness (QED) is 0.161. The van der Waals surface area contributed by atoms with Crippen LogP contribution >= 0.6 is 0 Å². The number of aliphatic hydroxyl groups excluding tert-OH is 3. The number of aliphatic carboxylic acids is 1. The molecule has 59 heavy (non-hydrogen) atoms. The lowest BCUT2D eigenvalue weighted by Crippen LogP contribution is -2.49. The predicted molar refractivity (Wildman–Crippen MR) is 205 cm³/mol. The Hall–Kier alpha value is -3.55. The number of benzene rings is 2. The molecule has 1 aliphatic carbocycles. The number of hydrogen-bond donors (Lipinski definition) is 6. The predicted octanol–water partition coefficient (Wildman–Crippen LogP) is 3.94. The maximum atomic E-state index is 14.0. The average molecular weight is 829 g/mol. The molecule has 0 amide bonds. The summed E-state index contributed by atoms with van der Waals surface area (Å²) in [6.07, 6.45) is -5.62. The molecule has 4 aliphatic heterocycles. The summed E-state index contributed by atoms with van der Waals surface area (Å²) < 4.78 is 42.4. The number of carbonyl (C=O) groups excluding carboxylic acids is 2. The zero-order chi connectivity index (χ0) is 42.5. The summed E-state index contributed by atoms with van der Waals surface area (Å²) in [6.45, 7) is 8.65. The number of aromatic hydroxyl groups is 2. The monoisotopic (exact) mass is 828 g/mol. The van der Waals surface area contributed by atoms with Gasteiger partial charge in [-0.25, -0.2) is 0 Å². The van der Waals surface area contributed by atoms with Crippen molar-refractivity contribution < 1.29 is 78.2 Å². The number of rotatable bonds is 11. The van der Waals surface area contributed by atoms with Crippen molar-refractivity contribution in [3.63, 3.8) is 0 Å². The zero-order valence-corrected chi connectivity index (χ0v) is 33.9. The number of carbonyl (C=O) groups is 3. The summed E-state index contributed by atoms with van der Waals surface area (Å²) in [4.78, 5) is 40.2. The standard InChI is InChI=1S/C43H56O16/c1-19-27(44)10-13-33(54-19)57-30-12-15-35(56-21(30)3)59-43(5,18-32(47)48)17-23-6-7-25-36(38(23)49)40(51)26-9-8-24(39(50)37(26)41(25)52)31-16-29(46)42(22(4)53-31)58-34-14-11-28(45)20(2)55-34/h6-9,19-22,27-31,33-35,42,44-46,49-50H,10-18H2,1-5H3,(H,47,48). The SMILES string of the molecule is CC1OC(OC2CCC(OC(C)(CC(=O)O)Cc3ccc4c(c3O)C(=O)c3ccc(C5CC(O)C(OC6CCC(O)C(C)O6)C(C)O5)c(O)c3C4=O)OC2C)CCC1O. The Bertz CT molecular complexity index is 1890. The Labute approximate surface area is 342 Å². The Balaban J connectivity index is 1.04. The van der Waals surface area contributed by atoms with E-state index in [1.807, 2.05) is 6.92 Å². The number of phenols is 2. The minimum atomic E-state index is -1.42. The molecule has 2 aromatic rings. The second-order valence-corrected chi connectivity index (χ2v) is 17.0. The van der Waals surface area contributed by atoms with Crippen molar-refractivity contribution in [1.82, 2.24) is 0 Å². The highest BCUT2D eigenvalue weighted by Gasteiger charge is 2.44. The summed E-state index contributed by atoms with van der Waals surface area (Å²) in [5.74, 6) is -3.56. The maximum Gasteiger partial charge on any atom is 0.306 e. The fourth-order valence-electron chi connectivity index (χ4n) is 9.04. The molecule has 4 heterocycles. The first-order valence-corrected chi connectivity index (χ1v) is 20.6. The summed E-state index contributed by atoms with van der Waals surface area (Å²) in [5, 5.41) is 64.1. The Morgan fingerprint density at radius 2 is 1.25 bits per heavy atom. The second kappa shape index (κ2) is 17.4. The highest BCUT2D eigenvalue weighted by molar-refractivity contribution is 6.30. The molecule has 16 nitrogen and oxygen atoms in total. The van der Waals surface area contributed by atoms with E-state index in [-0.39, 0.29) is 58.4 Å². The van der Waals surface area contributed by atoms with Crippen LogP contribution in [-0.2, 0) is 44.4 Å². The third-order valence-corrected chi connectivity index (χ3v) is 12.4. The van der Waals surface area contributed by atoms with Gasteiger partial charge in [0.25, 0.3) is 0 Å². The first-order valence-electron chi connectivity index (χ1n) is 20.6. The van der Waals surface area contributed by atoms with Crippen molar-refractivity contribution in [3.05, 3.63) is 57.6 Å². The van der Waals surface area contributed by atoms with Gasteiger partial charge in [-0.15, -0.1) is 0 Å². The summed E-state index contributed by atoms with van der Waals surface area (Å²) in [7, 11) is 0. The third kappa shape index (κ3) is 9.08. The van der Waals surface area contributed by atoms with Gasteiger partial charge in [0.15, 0.2) is 30.4 Å². The van der Waals surface area contributed by atoms with E-state index < -0.39 is 109 Å². The van der Waals surface area contributed by atoms with Gasteiger partial charge in [-0.2, -0.15) is 0 Å². The molecule has 324 valence electrons. The molecule has 0 spiro atoms. The summed E-state index contributed by atoms with van der Waals surface area (Å²) >= 11 is 0. The van der Waals surface area contributed by atoms with Crippen LogP contribution < -0.4 is 0 Å². The Morgan fingerprint density at radius 3 is 1.83 bits per heavy atom. The van der Waals surface area contributed by atoms with Crippen LogP contribution in [0.2, 0.25) is 0 Å². The van der Waals surface area contributed by atoms with Crippen LogP contribution in [0.1, 0.15) is 135 Å². The van der Waals surface area contributed by atoms with E-state index >= 15 is 0 Å². The lowest BCUT2D eigenvalue weighted by Gasteiger charge is -2.41. The van der Waals surface area contributed by atoms with Crippen molar-refractivity contribution in [2.45, 2.75) is 178 Å². The molecule has 0 saturated carbocycles. The van der Waals surface area contributed by atoms with Crippen molar-refractivity contribution in [2.75, 3.05) is 0 Å². The number of carboxylic acids is 1. The van der Waals surface area contributed by atoms with E-state index in [9.17, 15) is 45.0 Å². The van der Waals surface area contributed by atoms with E-state index in [1.54, 1.807) is 27.7 Å². The minimum Gasteiger partial charge on any atom is -0.507 e. The van der Waals surface area contributed by atoms with E-state index in [0.717, 1.165) is 0 Å². The number of fused-ring (bicyclic) bond motifs is 2. The first kappa shape index (κ1) is 43.5. The van der Waals surface area contributed by atoms with Crippen molar-refractivity contribution in [1.29, 1.82) is 0 Å². The van der Waals surface area contributed by atoms with Crippen molar-refractivity contribution in [2.24, 2.45) is 0 Å². The lowest BCUT2D eigenvalue weighted by atomic mass is 9.79. The second-order valence-electron chi connectivity index (χ2n) is 17.0. The number of carboxylic acid groups (broad SMARTS) is 1. The first-order chi connectivity index (χ1) is 27.9. The molecule has 6 N–H and O–H groups in total. The molecule has 4 fully saturated rings.